The van der Waals surface area contributed by atoms with Crippen molar-refractivity contribution in [2.24, 2.45) is 29.6 Å². The lowest BCUT2D eigenvalue weighted by Crippen LogP contribution is -2.29. The number of aliphatic hydroxyl groups is 1. The maximum atomic E-state index is 14.6. The van der Waals surface area contributed by atoms with Crippen LogP contribution in [-0.4, -0.2) is 104 Å². The van der Waals surface area contributed by atoms with E-state index in [1.54, 1.807) is 47.0 Å². The zero-order valence-corrected chi connectivity index (χ0v) is 44.2. The SMILES string of the molecule is N=C(/C(CO[C@H]1CN[C@H](CNc2nc3c(F)cc(C(=O)O)cc3s2)C1)=C(\O)C1CC1C1CC1c1onc(-c2c(Cl)cccc2Cl)c1CO[C@H]1C[C@@H]2CN(c3ccn4c(C(=O)O)cnc4c3)C[C@@H]2C1)c1c(Cl)cccc1Cl. The molecule has 0 bridgehead atoms. The number of pyridine rings is 1. The fourth-order valence-corrected chi connectivity index (χ4v) is 13.9. The summed E-state index contributed by atoms with van der Waals surface area (Å²) < 4.78 is 36.1. The number of carboxylic acids is 2. The van der Waals surface area contributed by atoms with Crippen LogP contribution in [0.25, 0.3) is 27.1 Å². The predicted molar refractivity (Wildman–Crippen MR) is 288 cm³/mol. The largest absolute Gasteiger partial charge is 0.512 e. The van der Waals surface area contributed by atoms with Gasteiger partial charge in [-0.1, -0.05) is 75.0 Å². The van der Waals surface area contributed by atoms with Crippen molar-refractivity contribution in [2.45, 2.75) is 62.9 Å². The molecule has 4 aromatic heterocycles. The summed E-state index contributed by atoms with van der Waals surface area (Å²) in [5.41, 5.74) is 4.21. The number of nitrogens with zero attached hydrogens (tertiary/aromatic N) is 5. The zero-order valence-electron chi connectivity index (χ0n) is 40.3. The predicted octanol–water partition coefficient (Wildman–Crippen LogP) is 11.7. The molecule has 6 N–H and O–H groups in total. The van der Waals surface area contributed by atoms with E-state index in [9.17, 15) is 34.7 Å². The van der Waals surface area contributed by atoms with Gasteiger partial charge < -0.3 is 44.8 Å². The van der Waals surface area contributed by atoms with E-state index in [0.29, 0.717) is 85.7 Å². The summed E-state index contributed by atoms with van der Waals surface area (Å²) in [7, 11) is 0. The summed E-state index contributed by atoms with van der Waals surface area (Å²) in [6.07, 6.45) is 6.71. The number of ether oxygens (including phenoxy) is 2. The molecule has 5 fully saturated rings. The highest BCUT2D eigenvalue weighted by molar-refractivity contribution is 7.22. The molecule has 394 valence electrons. The van der Waals surface area contributed by atoms with Crippen LogP contribution < -0.4 is 15.5 Å². The zero-order chi connectivity index (χ0) is 52.7. The number of fused-ring (bicyclic) bond motifs is 3. The fraction of sp³-hybridized carbons (Fsp3) is 0.370. The Morgan fingerprint density at radius 1 is 0.895 bits per heavy atom. The summed E-state index contributed by atoms with van der Waals surface area (Å²) in [6, 6.07) is 16.6. The molecule has 12 rings (SSSR count). The Morgan fingerprint density at radius 3 is 2.36 bits per heavy atom. The molecule has 4 unspecified atom stereocenters. The first kappa shape index (κ1) is 51.0. The second kappa shape index (κ2) is 20.5. The first-order valence-corrected chi connectivity index (χ1v) is 27.4. The van der Waals surface area contributed by atoms with Crippen molar-refractivity contribution in [3.05, 3.63) is 138 Å². The number of aromatic carboxylic acids is 2. The molecule has 0 radical (unpaired) electrons. The Morgan fingerprint density at radius 2 is 1.63 bits per heavy atom. The van der Waals surface area contributed by atoms with Gasteiger partial charge in [0.15, 0.2) is 16.6 Å². The second-order valence-corrected chi connectivity index (χ2v) is 23.2. The van der Waals surface area contributed by atoms with Gasteiger partial charge in [-0.3, -0.25) is 9.81 Å². The van der Waals surface area contributed by atoms with Crippen molar-refractivity contribution in [2.75, 3.05) is 43.0 Å². The third kappa shape index (κ3) is 9.80. The Labute approximate surface area is 458 Å². The molecule has 5 aliphatic rings. The molecule has 3 aliphatic carbocycles. The number of aromatic nitrogens is 4. The summed E-state index contributed by atoms with van der Waals surface area (Å²) in [5.74, 6) is -1.33. The quantitative estimate of drug-likeness (QED) is 0.0348. The molecular formula is C54H49Cl4FN8O8S. The number of carbonyl (C=O) groups is 2. The van der Waals surface area contributed by atoms with Gasteiger partial charge in [0, 0.05) is 84.3 Å². The average molecular weight is 1130 g/mol. The van der Waals surface area contributed by atoms with Crippen LogP contribution in [-0.2, 0) is 16.1 Å². The Balaban J connectivity index is 0.719. The van der Waals surface area contributed by atoms with Crippen LogP contribution in [0.15, 0.2) is 88.9 Å². The number of aliphatic hydroxyl groups excluding tert-OH is 1. The molecule has 22 heteroatoms. The lowest BCUT2D eigenvalue weighted by atomic mass is 9.98. The molecular weight excluding hydrogens is 1080 g/mol. The number of halogens is 5. The molecule has 2 saturated heterocycles. The van der Waals surface area contributed by atoms with E-state index in [4.69, 9.17) is 60.4 Å². The van der Waals surface area contributed by atoms with Crippen molar-refractivity contribution in [1.29, 1.82) is 5.41 Å². The molecule has 6 heterocycles. The maximum absolute atomic E-state index is 14.6. The highest BCUT2D eigenvalue weighted by Crippen LogP contribution is 2.64. The molecule has 9 atom stereocenters. The monoisotopic (exact) mass is 1130 g/mol. The molecule has 3 aromatic carbocycles. The van der Waals surface area contributed by atoms with E-state index in [-0.39, 0.29) is 93.4 Å². The highest BCUT2D eigenvalue weighted by Gasteiger charge is 2.58. The van der Waals surface area contributed by atoms with E-state index in [2.05, 4.69) is 30.7 Å². The minimum absolute atomic E-state index is 0.00398. The number of benzene rings is 3. The van der Waals surface area contributed by atoms with Crippen molar-refractivity contribution in [3.8, 4) is 11.3 Å². The van der Waals surface area contributed by atoms with Gasteiger partial charge in [-0.05, 0) is 98.2 Å². The van der Waals surface area contributed by atoms with Crippen LogP contribution in [0, 0.1) is 40.8 Å². The lowest BCUT2D eigenvalue weighted by molar-refractivity contribution is 0.0402. The van der Waals surface area contributed by atoms with Crippen LogP contribution in [0.2, 0.25) is 20.1 Å². The second-order valence-electron chi connectivity index (χ2n) is 20.5. The number of carboxylic acid groups (broad SMARTS) is 2. The summed E-state index contributed by atoms with van der Waals surface area (Å²) in [5, 5.41) is 53.7. The molecule has 0 spiro atoms. The van der Waals surface area contributed by atoms with Crippen LogP contribution in [0.4, 0.5) is 15.2 Å². The van der Waals surface area contributed by atoms with Crippen LogP contribution in [0.5, 0.6) is 0 Å². The summed E-state index contributed by atoms with van der Waals surface area (Å²) in [6.45, 7) is 2.83. The molecule has 0 amide bonds. The Kier molecular flexibility index (Phi) is 13.8. The van der Waals surface area contributed by atoms with Gasteiger partial charge in [0.05, 0.1) is 67.7 Å². The molecule has 3 saturated carbocycles. The standard InChI is InChI=1S/C54H49Cl4FN8O8S/c55-37-3-1-4-38(56)45(37)47(60)35(22-74-30-13-27(61-18-30)17-63-54-64-49-41(59)11-24(52(69)70)12-43(49)76-54)50(68)33-15-31(33)32-16-34(32)51-36(48(65-75-51)46-39(57)5-2-6-40(46)58)23-73-29-9-25-20-66(21-26(25)10-29)28-7-8-67-42(53(71)72)19-62-44(67)14-28/h1-8,11-12,14,19,25-27,29-34,60-61,68H,9-10,13,15-18,20-23H2,(H,63,64)(H,69,70)(H,71,72)/b50-35-,60-47?/t25-,26+,27-,29+,30+,31?,32?,33?,34?/m0/s1. The first-order valence-electron chi connectivity index (χ1n) is 25.0. The number of thiazole rings is 1. The van der Waals surface area contributed by atoms with Gasteiger partial charge in [-0.25, -0.2) is 23.9 Å². The molecule has 76 heavy (non-hydrogen) atoms. The van der Waals surface area contributed by atoms with E-state index >= 15 is 0 Å². The van der Waals surface area contributed by atoms with Gasteiger partial charge >= 0.3 is 11.9 Å². The van der Waals surface area contributed by atoms with Crippen molar-refractivity contribution in [3.63, 3.8) is 0 Å². The Hall–Kier alpha value is -5.83. The van der Waals surface area contributed by atoms with E-state index in [1.807, 2.05) is 12.1 Å². The van der Waals surface area contributed by atoms with Crippen LogP contribution in [0.1, 0.15) is 75.8 Å². The van der Waals surface area contributed by atoms with Gasteiger partial charge in [0.1, 0.15) is 28.4 Å². The number of rotatable bonds is 18. The highest BCUT2D eigenvalue weighted by atomic mass is 35.5. The number of anilines is 2. The van der Waals surface area contributed by atoms with E-state index in [1.165, 1.54) is 23.6 Å². The number of hydrogen-bond donors (Lipinski definition) is 6. The van der Waals surface area contributed by atoms with Gasteiger partial charge in [0.2, 0.25) is 0 Å². The van der Waals surface area contributed by atoms with Crippen LogP contribution >= 0.6 is 57.7 Å². The minimum Gasteiger partial charge on any atom is -0.512 e. The average Bonchev–Trinajstić information content (AvgIpc) is 3.91. The van der Waals surface area contributed by atoms with Crippen LogP contribution in [0.3, 0.4) is 0 Å². The van der Waals surface area contributed by atoms with E-state index < -0.39 is 17.8 Å². The third-order valence-electron chi connectivity index (χ3n) is 15.9. The first-order chi connectivity index (χ1) is 36.7. The van der Waals surface area contributed by atoms with Gasteiger partial charge in [-0.15, -0.1) is 0 Å². The maximum Gasteiger partial charge on any atom is 0.354 e. The van der Waals surface area contributed by atoms with Gasteiger partial charge in [0.25, 0.3) is 0 Å². The Bertz CT molecular complexity index is 3460. The van der Waals surface area contributed by atoms with Crippen molar-refractivity contribution >= 4 is 102 Å². The van der Waals surface area contributed by atoms with Crippen molar-refractivity contribution in [1.82, 2.24) is 24.8 Å². The molecule has 2 aliphatic heterocycles. The number of hydrogen-bond acceptors (Lipinski definition) is 14. The van der Waals surface area contributed by atoms with Gasteiger partial charge in [-0.2, -0.15) is 0 Å². The number of allylic oxidation sites excluding steroid dienone is 1. The molecule has 16 nitrogen and oxygen atoms in total. The third-order valence-corrected chi connectivity index (χ3v) is 18.1. The molecule has 7 aromatic rings. The minimum atomic E-state index is -1.22. The fourth-order valence-electron chi connectivity index (χ4n) is 11.8. The topological polar surface area (TPSA) is 221 Å². The number of imidazole rings is 1. The van der Waals surface area contributed by atoms with E-state index in [0.717, 1.165) is 55.4 Å². The summed E-state index contributed by atoms with van der Waals surface area (Å²) >= 11 is 28.1. The normalized spacial score (nSPS) is 25.1. The number of nitrogens with one attached hydrogen (secondary N) is 3. The van der Waals surface area contributed by atoms with Crippen molar-refractivity contribution < 1.29 is 43.3 Å². The smallest absolute Gasteiger partial charge is 0.354 e. The lowest BCUT2D eigenvalue weighted by Gasteiger charge is -2.21. The summed E-state index contributed by atoms with van der Waals surface area (Å²) in [4.78, 5) is 34.1.